The largest absolute Gasteiger partial charge is 0.497 e. The van der Waals surface area contributed by atoms with Crippen molar-refractivity contribution >= 4 is 5.91 Å². The highest BCUT2D eigenvalue weighted by atomic mass is 16.5. The number of carbonyl (C=O) groups excluding carboxylic acids is 1. The number of hydrogen-bond acceptors (Lipinski definition) is 5. The van der Waals surface area contributed by atoms with Gasteiger partial charge in [-0.1, -0.05) is 12.1 Å². The summed E-state index contributed by atoms with van der Waals surface area (Å²) < 4.78 is 10.9. The SMILES string of the molecule is COc1ccc([C@H](NC(=O)CNC[C@@H]2CN(C)CCO2)C2CC2)cc1. The number of amides is 1. The minimum absolute atomic E-state index is 0.0388. The van der Waals surface area contributed by atoms with Crippen LogP contribution in [0.4, 0.5) is 0 Å². The van der Waals surface area contributed by atoms with Crippen LogP contribution in [0.5, 0.6) is 5.75 Å². The van der Waals surface area contributed by atoms with Crippen LogP contribution in [0.15, 0.2) is 24.3 Å². The highest BCUT2D eigenvalue weighted by Gasteiger charge is 2.33. The van der Waals surface area contributed by atoms with E-state index in [9.17, 15) is 4.79 Å². The number of likely N-dealkylation sites (N-methyl/N-ethyl adjacent to an activating group) is 1. The first kappa shape index (κ1) is 18.2. The normalized spacial score (nSPS) is 22.4. The summed E-state index contributed by atoms with van der Waals surface area (Å²) in [5.41, 5.74) is 1.15. The van der Waals surface area contributed by atoms with E-state index >= 15 is 0 Å². The van der Waals surface area contributed by atoms with Gasteiger partial charge in [-0.15, -0.1) is 0 Å². The van der Waals surface area contributed by atoms with Crippen LogP contribution >= 0.6 is 0 Å². The molecular weight excluding hydrogens is 318 g/mol. The van der Waals surface area contributed by atoms with E-state index in [2.05, 4.69) is 22.6 Å². The van der Waals surface area contributed by atoms with Crippen molar-refractivity contribution in [1.29, 1.82) is 0 Å². The Kier molecular flexibility index (Phi) is 6.29. The molecule has 138 valence electrons. The lowest BCUT2D eigenvalue weighted by atomic mass is 10.0. The summed E-state index contributed by atoms with van der Waals surface area (Å²) in [7, 11) is 3.76. The molecule has 0 unspecified atom stereocenters. The molecule has 25 heavy (non-hydrogen) atoms. The molecule has 1 aliphatic carbocycles. The monoisotopic (exact) mass is 347 g/mol. The molecule has 2 N–H and O–H groups in total. The summed E-state index contributed by atoms with van der Waals surface area (Å²) in [6, 6.07) is 8.08. The summed E-state index contributed by atoms with van der Waals surface area (Å²) in [4.78, 5) is 14.6. The second-order valence-corrected chi connectivity index (χ2v) is 7.04. The summed E-state index contributed by atoms with van der Waals surface area (Å²) in [5, 5.41) is 6.41. The number of methoxy groups -OCH3 is 1. The standard InChI is InChI=1S/C19H29N3O3/c1-22-9-10-25-17(13-22)11-20-12-18(23)21-19(14-3-4-14)15-5-7-16(24-2)8-6-15/h5-8,14,17,19-20H,3-4,9-13H2,1-2H3,(H,21,23)/t17-,19-/m1/s1. The third-order valence-corrected chi connectivity index (χ3v) is 4.88. The zero-order valence-corrected chi connectivity index (χ0v) is 15.2. The van der Waals surface area contributed by atoms with Gasteiger partial charge in [0.2, 0.25) is 5.91 Å². The zero-order valence-electron chi connectivity index (χ0n) is 15.2. The van der Waals surface area contributed by atoms with Crippen molar-refractivity contribution < 1.29 is 14.3 Å². The molecule has 0 bridgehead atoms. The van der Waals surface area contributed by atoms with Gasteiger partial charge >= 0.3 is 0 Å². The molecule has 0 radical (unpaired) electrons. The van der Waals surface area contributed by atoms with Gasteiger partial charge in [0, 0.05) is 19.6 Å². The Labute approximate surface area is 149 Å². The fraction of sp³-hybridized carbons (Fsp3) is 0.632. The van der Waals surface area contributed by atoms with Gasteiger partial charge < -0.3 is 25.0 Å². The quantitative estimate of drug-likeness (QED) is 0.739. The van der Waals surface area contributed by atoms with E-state index < -0.39 is 0 Å². The number of ether oxygens (including phenoxy) is 2. The van der Waals surface area contributed by atoms with Crippen LogP contribution < -0.4 is 15.4 Å². The van der Waals surface area contributed by atoms with Crippen LogP contribution in [-0.2, 0) is 9.53 Å². The second kappa shape index (κ2) is 8.65. The Balaban J connectivity index is 1.46. The maximum absolute atomic E-state index is 12.3. The van der Waals surface area contributed by atoms with Crippen LogP contribution in [0, 0.1) is 5.92 Å². The van der Waals surface area contributed by atoms with Crippen molar-refractivity contribution in [3.05, 3.63) is 29.8 Å². The molecule has 0 aromatic heterocycles. The minimum atomic E-state index is 0.0388. The maximum Gasteiger partial charge on any atom is 0.234 e. The predicted molar refractivity (Wildman–Crippen MR) is 96.7 cm³/mol. The number of nitrogens with zero attached hydrogens (tertiary/aromatic N) is 1. The van der Waals surface area contributed by atoms with E-state index in [1.165, 1.54) is 12.8 Å². The molecule has 2 aliphatic rings. The van der Waals surface area contributed by atoms with Crippen LogP contribution in [-0.4, -0.2) is 63.9 Å². The van der Waals surface area contributed by atoms with Crippen LogP contribution in [0.25, 0.3) is 0 Å². The number of carbonyl (C=O) groups is 1. The molecule has 2 fully saturated rings. The van der Waals surface area contributed by atoms with Gasteiger partial charge in [0.15, 0.2) is 0 Å². The smallest absolute Gasteiger partial charge is 0.234 e. The molecule has 6 nitrogen and oxygen atoms in total. The Morgan fingerprint density at radius 2 is 2.12 bits per heavy atom. The topological polar surface area (TPSA) is 62.8 Å². The molecule has 0 spiro atoms. The highest BCUT2D eigenvalue weighted by molar-refractivity contribution is 5.78. The van der Waals surface area contributed by atoms with Gasteiger partial charge in [0.05, 0.1) is 32.4 Å². The molecule has 1 saturated heterocycles. The first-order valence-electron chi connectivity index (χ1n) is 9.10. The Bertz CT molecular complexity index is 560. The maximum atomic E-state index is 12.3. The number of nitrogens with one attached hydrogen (secondary N) is 2. The fourth-order valence-corrected chi connectivity index (χ4v) is 3.28. The highest BCUT2D eigenvalue weighted by Crippen LogP contribution is 2.41. The third kappa shape index (κ3) is 5.42. The van der Waals surface area contributed by atoms with Gasteiger partial charge in [-0.05, 0) is 43.5 Å². The number of morpholine rings is 1. The van der Waals surface area contributed by atoms with E-state index in [1.54, 1.807) is 7.11 Å². The molecule has 3 rings (SSSR count). The van der Waals surface area contributed by atoms with Crippen molar-refractivity contribution in [2.45, 2.75) is 25.0 Å². The molecule has 1 saturated carbocycles. The average Bonchev–Trinajstić information content (AvgIpc) is 3.45. The fourth-order valence-electron chi connectivity index (χ4n) is 3.28. The van der Waals surface area contributed by atoms with E-state index in [0.717, 1.165) is 31.0 Å². The first-order chi connectivity index (χ1) is 12.2. The summed E-state index contributed by atoms with van der Waals surface area (Å²) in [6.45, 7) is 3.67. The lowest BCUT2D eigenvalue weighted by Gasteiger charge is -2.30. The molecule has 1 aliphatic heterocycles. The van der Waals surface area contributed by atoms with Crippen molar-refractivity contribution in [3.63, 3.8) is 0 Å². The third-order valence-electron chi connectivity index (χ3n) is 4.88. The predicted octanol–water partition coefficient (Wildman–Crippen LogP) is 1.18. The average molecular weight is 347 g/mol. The van der Waals surface area contributed by atoms with Gasteiger partial charge in [-0.25, -0.2) is 0 Å². The van der Waals surface area contributed by atoms with Crippen LogP contribution in [0.1, 0.15) is 24.4 Å². The molecule has 1 amide bonds. The first-order valence-corrected chi connectivity index (χ1v) is 9.10. The minimum Gasteiger partial charge on any atom is -0.497 e. The lowest BCUT2D eigenvalue weighted by Crippen LogP contribution is -2.46. The molecule has 2 atom stereocenters. The lowest BCUT2D eigenvalue weighted by molar-refractivity contribution is -0.121. The van der Waals surface area contributed by atoms with E-state index in [1.807, 2.05) is 24.3 Å². The van der Waals surface area contributed by atoms with Gasteiger partial charge in [-0.3, -0.25) is 4.79 Å². The zero-order chi connectivity index (χ0) is 17.6. The summed E-state index contributed by atoms with van der Waals surface area (Å²) in [5.74, 6) is 1.42. The Morgan fingerprint density at radius 1 is 1.36 bits per heavy atom. The summed E-state index contributed by atoms with van der Waals surface area (Å²) >= 11 is 0. The second-order valence-electron chi connectivity index (χ2n) is 7.04. The van der Waals surface area contributed by atoms with E-state index in [4.69, 9.17) is 9.47 Å². The van der Waals surface area contributed by atoms with E-state index in [-0.39, 0.29) is 18.1 Å². The van der Waals surface area contributed by atoms with Crippen molar-refractivity contribution in [3.8, 4) is 5.75 Å². The van der Waals surface area contributed by atoms with Crippen molar-refractivity contribution in [1.82, 2.24) is 15.5 Å². The van der Waals surface area contributed by atoms with Gasteiger partial charge in [0.1, 0.15) is 5.75 Å². The molecular formula is C19H29N3O3. The number of rotatable bonds is 8. The van der Waals surface area contributed by atoms with Crippen molar-refractivity contribution in [2.24, 2.45) is 5.92 Å². The van der Waals surface area contributed by atoms with Crippen LogP contribution in [0.3, 0.4) is 0 Å². The molecule has 1 aromatic rings. The number of hydrogen-bond donors (Lipinski definition) is 2. The van der Waals surface area contributed by atoms with Crippen LogP contribution in [0.2, 0.25) is 0 Å². The van der Waals surface area contributed by atoms with E-state index in [0.29, 0.717) is 19.0 Å². The van der Waals surface area contributed by atoms with Gasteiger partial charge in [-0.2, -0.15) is 0 Å². The van der Waals surface area contributed by atoms with Gasteiger partial charge in [0.25, 0.3) is 0 Å². The molecule has 6 heteroatoms. The molecule has 1 heterocycles. The Hall–Kier alpha value is -1.63. The van der Waals surface area contributed by atoms with Crippen molar-refractivity contribution in [2.75, 3.05) is 46.9 Å². The molecule has 1 aromatic carbocycles. The number of benzene rings is 1. The summed E-state index contributed by atoms with van der Waals surface area (Å²) in [6.07, 6.45) is 2.51. The Morgan fingerprint density at radius 3 is 2.76 bits per heavy atom.